The third kappa shape index (κ3) is 4.25. The Balaban J connectivity index is 2.16. The summed E-state index contributed by atoms with van der Waals surface area (Å²) < 4.78 is 25.1. The van der Waals surface area contributed by atoms with E-state index in [1.165, 1.54) is 10.6 Å². The molecule has 0 spiro atoms. The van der Waals surface area contributed by atoms with E-state index >= 15 is 0 Å². The van der Waals surface area contributed by atoms with Gasteiger partial charge in [0, 0.05) is 44.6 Å². The van der Waals surface area contributed by atoms with Crippen molar-refractivity contribution in [2.45, 2.75) is 13.5 Å². The first-order chi connectivity index (χ1) is 10.3. The summed E-state index contributed by atoms with van der Waals surface area (Å²) in [7, 11) is -1.72. The maximum Gasteiger partial charge on any atom is 0.225 e. The zero-order chi connectivity index (χ0) is 16.3. The largest absolute Gasteiger partial charge is 0.359 e. The fourth-order valence-electron chi connectivity index (χ4n) is 2.55. The number of nitrogens with zero attached hydrogens (tertiary/aromatic N) is 3. The first kappa shape index (κ1) is 17.3. The van der Waals surface area contributed by atoms with Crippen molar-refractivity contribution in [1.29, 1.82) is 0 Å². The summed E-state index contributed by atoms with van der Waals surface area (Å²) in [6.45, 7) is 4.45. The number of thiazole rings is 1. The highest BCUT2D eigenvalue weighted by molar-refractivity contribution is 7.88. The Kier molecular flexibility index (Phi) is 5.54. The standard InChI is InChI=1S/C13H22N4O3S2/c1-10-12(21-9-15-10)8-16-4-5-17(22(3,19)20)7-11(6-16)13(18)14-2/h9,11H,4-8H2,1-3H3,(H,14,18). The van der Waals surface area contributed by atoms with Gasteiger partial charge in [0.25, 0.3) is 0 Å². The summed E-state index contributed by atoms with van der Waals surface area (Å²) in [6, 6.07) is 0. The van der Waals surface area contributed by atoms with Crippen LogP contribution in [-0.2, 0) is 21.4 Å². The van der Waals surface area contributed by atoms with Crippen LogP contribution in [0.25, 0.3) is 0 Å². The highest BCUT2D eigenvalue weighted by Crippen LogP contribution is 2.19. The van der Waals surface area contributed by atoms with Crippen molar-refractivity contribution in [2.75, 3.05) is 39.5 Å². The quantitative estimate of drug-likeness (QED) is 0.823. The summed E-state index contributed by atoms with van der Waals surface area (Å²) in [6.07, 6.45) is 1.19. The van der Waals surface area contributed by atoms with E-state index in [-0.39, 0.29) is 18.4 Å². The molecule has 22 heavy (non-hydrogen) atoms. The minimum atomic E-state index is -3.30. The predicted octanol–water partition coefficient (Wildman–Crippen LogP) is -0.109. The van der Waals surface area contributed by atoms with Gasteiger partial charge in [-0.2, -0.15) is 0 Å². The third-order valence-corrected chi connectivity index (χ3v) is 6.06. The molecular weight excluding hydrogens is 324 g/mol. The highest BCUT2D eigenvalue weighted by Gasteiger charge is 2.31. The zero-order valence-electron chi connectivity index (χ0n) is 13.1. The van der Waals surface area contributed by atoms with Crippen molar-refractivity contribution < 1.29 is 13.2 Å². The predicted molar refractivity (Wildman–Crippen MR) is 86.1 cm³/mol. The molecule has 1 unspecified atom stereocenters. The van der Waals surface area contributed by atoms with Gasteiger partial charge in [-0.1, -0.05) is 0 Å². The van der Waals surface area contributed by atoms with Crippen LogP contribution in [0.1, 0.15) is 10.6 Å². The lowest BCUT2D eigenvalue weighted by atomic mass is 10.1. The second-order valence-corrected chi connectivity index (χ2v) is 8.45. The van der Waals surface area contributed by atoms with Crippen LogP contribution in [0, 0.1) is 12.8 Å². The van der Waals surface area contributed by atoms with Crippen molar-refractivity contribution in [3.63, 3.8) is 0 Å². The van der Waals surface area contributed by atoms with Crippen LogP contribution in [0.2, 0.25) is 0 Å². The molecule has 1 atom stereocenters. The van der Waals surface area contributed by atoms with E-state index in [0.717, 1.165) is 10.6 Å². The lowest BCUT2D eigenvalue weighted by Crippen LogP contribution is -2.41. The number of aromatic nitrogens is 1. The van der Waals surface area contributed by atoms with Gasteiger partial charge >= 0.3 is 0 Å². The van der Waals surface area contributed by atoms with Crippen LogP contribution in [0.4, 0.5) is 0 Å². The molecule has 1 N–H and O–H groups in total. The van der Waals surface area contributed by atoms with Crippen molar-refractivity contribution in [1.82, 2.24) is 19.5 Å². The molecule has 2 heterocycles. The van der Waals surface area contributed by atoms with Crippen LogP contribution in [0.15, 0.2) is 5.51 Å². The molecule has 124 valence electrons. The number of hydrogen-bond acceptors (Lipinski definition) is 6. The van der Waals surface area contributed by atoms with E-state index in [0.29, 0.717) is 26.2 Å². The fraction of sp³-hybridized carbons (Fsp3) is 0.692. The molecule has 7 nitrogen and oxygen atoms in total. The molecule has 1 saturated heterocycles. The first-order valence-electron chi connectivity index (χ1n) is 7.09. The minimum Gasteiger partial charge on any atom is -0.359 e. The monoisotopic (exact) mass is 346 g/mol. The maximum absolute atomic E-state index is 12.0. The Bertz CT molecular complexity index is 629. The molecule has 0 saturated carbocycles. The average molecular weight is 346 g/mol. The van der Waals surface area contributed by atoms with Crippen LogP contribution in [0.5, 0.6) is 0 Å². The molecule has 1 aromatic heterocycles. The number of rotatable bonds is 4. The summed E-state index contributed by atoms with van der Waals surface area (Å²) in [5.41, 5.74) is 2.80. The van der Waals surface area contributed by atoms with E-state index < -0.39 is 10.0 Å². The van der Waals surface area contributed by atoms with Crippen LogP contribution >= 0.6 is 11.3 Å². The van der Waals surface area contributed by atoms with Gasteiger partial charge in [-0.3, -0.25) is 9.69 Å². The number of carbonyl (C=O) groups excluding carboxylic acids is 1. The molecular formula is C13H22N4O3S2. The number of nitrogens with one attached hydrogen (secondary N) is 1. The number of aryl methyl sites for hydroxylation is 1. The van der Waals surface area contributed by atoms with E-state index in [2.05, 4.69) is 15.2 Å². The number of sulfonamides is 1. The van der Waals surface area contributed by atoms with Gasteiger partial charge in [-0.25, -0.2) is 17.7 Å². The Morgan fingerprint density at radius 2 is 2.18 bits per heavy atom. The third-order valence-electron chi connectivity index (χ3n) is 3.87. The molecule has 1 fully saturated rings. The van der Waals surface area contributed by atoms with Crippen molar-refractivity contribution in [3.8, 4) is 0 Å². The Morgan fingerprint density at radius 1 is 1.45 bits per heavy atom. The van der Waals surface area contributed by atoms with E-state index in [1.807, 2.05) is 12.4 Å². The topological polar surface area (TPSA) is 82.6 Å². The first-order valence-corrected chi connectivity index (χ1v) is 9.82. The molecule has 1 aliphatic rings. The summed E-state index contributed by atoms with van der Waals surface area (Å²) >= 11 is 1.59. The highest BCUT2D eigenvalue weighted by atomic mass is 32.2. The minimum absolute atomic E-state index is 0.124. The van der Waals surface area contributed by atoms with Gasteiger partial charge < -0.3 is 5.32 Å². The molecule has 9 heteroatoms. The Hall–Kier alpha value is -1.03. The fourth-order valence-corrected chi connectivity index (χ4v) is 4.23. The molecule has 0 radical (unpaired) electrons. The van der Waals surface area contributed by atoms with Gasteiger partial charge in [0.05, 0.1) is 23.4 Å². The lowest BCUT2D eigenvalue weighted by Gasteiger charge is -2.22. The molecule has 1 amide bonds. The van der Waals surface area contributed by atoms with Gasteiger partial charge in [0.15, 0.2) is 0 Å². The zero-order valence-corrected chi connectivity index (χ0v) is 14.7. The van der Waals surface area contributed by atoms with Crippen molar-refractivity contribution in [3.05, 3.63) is 16.1 Å². The molecule has 0 bridgehead atoms. The molecule has 0 aliphatic carbocycles. The maximum atomic E-state index is 12.0. The second kappa shape index (κ2) is 7.03. The van der Waals surface area contributed by atoms with Gasteiger partial charge in [-0.15, -0.1) is 11.3 Å². The number of carbonyl (C=O) groups is 1. The normalized spacial score (nSPS) is 21.5. The molecule has 2 rings (SSSR count). The van der Waals surface area contributed by atoms with E-state index in [9.17, 15) is 13.2 Å². The number of hydrogen-bond donors (Lipinski definition) is 1. The Morgan fingerprint density at radius 3 is 2.73 bits per heavy atom. The molecule has 0 aromatic carbocycles. The van der Waals surface area contributed by atoms with E-state index in [1.54, 1.807) is 18.4 Å². The molecule has 1 aliphatic heterocycles. The summed E-state index contributed by atoms with van der Waals surface area (Å²) in [4.78, 5) is 19.6. The Labute approximate surface area is 135 Å². The van der Waals surface area contributed by atoms with Gasteiger partial charge in [0.1, 0.15) is 0 Å². The SMILES string of the molecule is CNC(=O)C1CN(Cc2scnc2C)CCN(S(C)(=O)=O)C1. The van der Waals surface area contributed by atoms with Crippen LogP contribution in [0.3, 0.4) is 0 Å². The van der Waals surface area contributed by atoms with Crippen LogP contribution < -0.4 is 5.32 Å². The van der Waals surface area contributed by atoms with Crippen molar-refractivity contribution >= 4 is 27.3 Å². The lowest BCUT2D eigenvalue weighted by molar-refractivity contribution is -0.125. The second-order valence-electron chi connectivity index (χ2n) is 5.53. The number of amides is 1. The van der Waals surface area contributed by atoms with Crippen LogP contribution in [-0.4, -0.2) is 68.0 Å². The average Bonchev–Trinajstić information content (AvgIpc) is 2.73. The summed E-state index contributed by atoms with van der Waals surface area (Å²) in [5.74, 6) is -0.489. The summed E-state index contributed by atoms with van der Waals surface area (Å²) in [5, 5.41) is 2.63. The molecule has 1 aromatic rings. The van der Waals surface area contributed by atoms with E-state index in [4.69, 9.17) is 0 Å². The van der Waals surface area contributed by atoms with Gasteiger partial charge in [-0.05, 0) is 6.92 Å². The smallest absolute Gasteiger partial charge is 0.225 e. The van der Waals surface area contributed by atoms with Gasteiger partial charge in [0.2, 0.25) is 15.9 Å². The van der Waals surface area contributed by atoms with Crippen molar-refractivity contribution in [2.24, 2.45) is 5.92 Å².